The van der Waals surface area contributed by atoms with Gasteiger partial charge in [0.15, 0.2) is 0 Å². The lowest BCUT2D eigenvalue weighted by molar-refractivity contribution is 0.669. The first-order chi connectivity index (χ1) is 27.2. The van der Waals surface area contributed by atoms with E-state index in [1.54, 1.807) is 0 Å². The zero-order valence-electron chi connectivity index (χ0n) is 29.8. The Kier molecular flexibility index (Phi) is 7.17. The molecule has 0 fully saturated rings. The summed E-state index contributed by atoms with van der Waals surface area (Å²) in [6, 6.07) is 71.1. The van der Waals surface area contributed by atoms with E-state index in [1.807, 2.05) is 12.1 Å². The summed E-state index contributed by atoms with van der Waals surface area (Å²) in [6.45, 7) is 0. The van der Waals surface area contributed by atoms with Crippen LogP contribution in [0.4, 0.5) is 17.1 Å². The van der Waals surface area contributed by atoms with E-state index < -0.39 is 0 Å². The molecule has 0 N–H and O–H groups in total. The summed E-state index contributed by atoms with van der Waals surface area (Å²) in [5.74, 6) is 0. The minimum absolute atomic E-state index is 0.850. The summed E-state index contributed by atoms with van der Waals surface area (Å²) in [7, 11) is 0. The van der Waals surface area contributed by atoms with Crippen LogP contribution in [0.25, 0.3) is 88.0 Å². The number of para-hydroxylation sites is 1. The molecule has 3 heteroatoms. The molecule has 0 bridgehead atoms. The smallest absolute Gasteiger partial charge is 0.143 e. The fourth-order valence-corrected chi connectivity index (χ4v) is 8.21. The topological polar surface area (TPSA) is 29.5 Å². The van der Waals surface area contributed by atoms with E-state index in [2.05, 4.69) is 193 Å². The Bertz CT molecular complexity index is 3150. The number of benzene rings is 9. The average molecular weight is 704 g/mol. The molecule has 11 aromatic rings. The minimum atomic E-state index is 0.850. The average Bonchev–Trinajstić information content (AvgIpc) is 3.83. The van der Waals surface area contributed by atoms with Gasteiger partial charge in [-0.1, -0.05) is 133 Å². The molecule has 0 amide bonds. The van der Waals surface area contributed by atoms with Crippen molar-refractivity contribution in [3.05, 3.63) is 200 Å². The number of fused-ring (bicyclic) bond motifs is 8. The van der Waals surface area contributed by atoms with Gasteiger partial charge in [0.1, 0.15) is 22.3 Å². The number of nitrogens with zero attached hydrogens (tertiary/aromatic N) is 1. The van der Waals surface area contributed by atoms with Crippen LogP contribution in [0.15, 0.2) is 209 Å². The molecule has 0 radical (unpaired) electrons. The normalized spacial score (nSPS) is 11.6. The van der Waals surface area contributed by atoms with Gasteiger partial charge in [-0.05, 0) is 105 Å². The third-order valence-corrected chi connectivity index (χ3v) is 10.8. The van der Waals surface area contributed by atoms with E-state index in [4.69, 9.17) is 8.83 Å². The molecular formula is C52H33NO2. The maximum Gasteiger partial charge on any atom is 0.143 e. The fraction of sp³-hybridized carbons (Fsp3) is 0. The molecule has 0 spiro atoms. The van der Waals surface area contributed by atoms with Crippen LogP contribution in [0.2, 0.25) is 0 Å². The molecule has 0 saturated carbocycles. The summed E-state index contributed by atoms with van der Waals surface area (Å²) >= 11 is 0. The van der Waals surface area contributed by atoms with Crippen LogP contribution in [-0.2, 0) is 0 Å². The summed E-state index contributed by atoms with van der Waals surface area (Å²) in [4.78, 5) is 2.40. The molecule has 0 atom stereocenters. The van der Waals surface area contributed by atoms with Crippen LogP contribution in [0.5, 0.6) is 0 Å². The van der Waals surface area contributed by atoms with Crippen molar-refractivity contribution in [1.29, 1.82) is 0 Å². The second-order valence-electron chi connectivity index (χ2n) is 14.1. The van der Waals surface area contributed by atoms with Crippen molar-refractivity contribution >= 4 is 71.7 Å². The SMILES string of the molecule is c1ccc(-c2cc(-c3ccccc3)cc(N(c3cccc(-c4ccc5c(c4)oc4ccccc45)c3)c3cccc4oc5c6ccccc6ccc5c34)c2)cc1. The molecule has 0 aliphatic rings. The lowest BCUT2D eigenvalue weighted by Crippen LogP contribution is -2.11. The van der Waals surface area contributed by atoms with Gasteiger partial charge in [0.25, 0.3) is 0 Å². The number of anilines is 3. The van der Waals surface area contributed by atoms with Crippen molar-refractivity contribution in [2.75, 3.05) is 4.90 Å². The largest absolute Gasteiger partial charge is 0.456 e. The molecule has 258 valence electrons. The summed E-state index contributed by atoms with van der Waals surface area (Å²) in [5.41, 5.74) is 13.5. The molecule has 0 saturated heterocycles. The van der Waals surface area contributed by atoms with Gasteiger partial charge in [0.2, 0.25) is 0 Å². The Hall–Kier alpha value is -7.36. The molecule has 55 heavy (non-hydrogen) atoms. The van der Waals surface area contributed by atoms with Gasteiger partial charge in [-0.2, -0.15) is 0 Å². The van der Waals surface area contributed by atoms with Gasteiger partial charge < -0.3 is 13.7 Å². The van der Waals surface area contributed by atoms with Gasteiger partial charge in [-0.25, -0.2) is 0 Å². The molecular weight excluding hydrogens is 671 g/mol. The van der Waals surface area contributed by atoms with E-state index in [0.29, 0.717) is 0 Å². The van der Waals surface area contributed by atoms with Crippen LogP contribution >= 0.6 is 0 Å². The fourth-order valence-electron chi connectivity index (χ4n) is 8.21. The highest BCUT2D eigenvalue weighted by Gasteiger charge is 2.22. The quantitative estimate of drug-likeness (QED) is 0.173. The predicted molar refractivity (Wildman–Crippen MR) is 229 cm³/mol. The van der Waals surface area contributed by atoms with E-state index in [9.17, 15) is 0 Å². The zero-order valence-corrected chi connectivity index (χ0v) is 29.8. The highest BCUT2D eigenvalue weighted by molar-refractivity contribution is 6.19. The van der Waals surface area contributed by atoms with E-state index in [-0.39, 0.29) is 0 Å². The second-order valence-corrected chi connectivity index (χ2v) is 14.1. The number of rotatable bonds is 6. The van der Waals surface area contributed by atoms with Crippen molar-refractivity contribution in [3.63, 3.8) is 0 Å². The van der Waals surface area contributed by atoms with Crippen molar-refractivity contribution in [2.45, 2.75) is 0 Å². The lowest BCUT2D eigenvalue weighted by atomic mass is 9.96. The highest BCUT2D eigenvalue weighted by Crippen LogP contribution is 2.46. The van der Waals surface area contributed by atoms with E-state index in [0.717, 1.165) is 105 Å². The van der Waals surface area contributed by atoms with Crippen LogP contribution < -0.4 is 4.90 Å². The molecule has 9 aromatic carbocycles. The Morgan fingerprint density at radius 3 is 1.71 bits per heavy atom. The van der Waals surface area contributed by atoms with Gasteiger partial charge in [0, 0.05) is 32.9 Å². The third-order valence-electron chi connectivity index (χ3n) is 10.8. The van der Waals surface area contributed by atoms with Crippen LogP contribution in [0.1, 0.15) is 0 Å². The first kappa shape index (κ1) is 31.2. The van der Waals surface area contributed by atoms with Crippen LogP contribution in [-0.4, -0.2) is 0 Å². The standard InChI is InChI=1S/C52H33NO2/c1-3-13-34(14-4-1)39-29-40(35-15-5-2-6-16-35)32-42(31-39)53(47-22-12-24-49-51(47)46-28-25-36-17-7-8-20-43(36)52(46)55-49)41-19-11-18-37(30-41)38-26-27-45-44-21-9-10-23-48(44)54-50(45)33-38/h1-33H. The van der Waals surface area contributed by atoms with Crippen molar-refractivity contribution < 1.29 is 8.83 Å². The molecule has 3 nitrogen and oxygen atoms in total. The van der Waals surface area contributed by atoms with Crippen molar-refractivity contribution in [1.82, 2.24) is 0 Å². The van der Waals surface area contributed by atoms with Gasteiger partial charge >= 0.3 is 0 Å². The number of hydrogen-bond acceptors (Lipinski definition) is 3. The Balaban J connectivity index is 1.17. The van der Waals surface area contributed by atoms with Gasteiger partial charge in [-0.15, -0.1) is 0 Å². The minimum Gasteiger partial charge on any atom is -0.456 e. The Labute approximate surface area is 317 Å². The molecule has 0 unspecified atom stereocenters. The molecule has 0 aliphatic carbocycles. The van der Waals surface area contributed by atoms with Crippen LogP contribution in [0, 0.1) is 0 Å². The lowest BCUT2D eigenvalue weighted by Gasteiger charge is -2.28. The first-order valence-corrected chi connectivity index (χ1v) is 18.7. The zero-order chi connectivity index (χ0) is 36.3. The maximum absolute atomic E-state index is 6.74. The Morgan fingerprint density at radius 2 is 0.909 bits per heavy atom. The molecule has 2 aromatic heterocycles. The van der Waals surface area contributed by atoms with Gasteiger partial charge in [-0.3, -0.25) is 0 Å². The Morgan fingerprint density at radius 1 is 0.309 bits per heavy atom. The molecule has 0 aliphatic heterocycles. The number of hydrogen-bond donors (Lipinski definition) is 0. The molecule has 11 rings (SSSR count). The monoisotopic (exact) mass is 703 g/mol. The first-order valence-electron chi connectivity index (χ1n) is 18.7. The summed E-state index contributed by atoms with van der Waals surface area (Å²) < 4.78 is 13.1. The van der Waals surface area contributed by atoms with Crippen LogP contribution in [0.3, 0.4) is 0 Å². The van der Waals surface area contributed by atoms with Crippen molar-refractivity contribution in [2.24, 2.45) is 0 Å². The van der Waals surface area contributed by atoms with E-state index >= 15 is 0 Å². The predicted octanol–water partition coefficient (Wildman–Crippen LogP) is 15.1. The maximum atomic E-state index is 6.74. The summed E-state index contributed by atoms with van der Waals surface area (Å²) in [5, 5.41) is 6.67. The van der Waals surface area contributed by atoms with E-state index in [1.165, 1.54) is 0 Å². The third kappa shape index (κ3) is 5.28. The van der Waals surface area contributed by atoms with Gasteiger partial charge in [0.05, 0.1) is 11.1 Å². The van der Waals surface area contributed by atoms with Crippen molar-refractivity contribution in [3.8, 4) is 33.4 Å². The highest BCUT2D eigenvalue weighted by atomic mass is 16.3. The summed E-state index contributed by atoms with van der Waals surface area (Å²) in [6.07, 6.45) is 0. The molecule has 2 heterocycles. The second kappa shape index (κ2) is 12.6. The number of furan rings is 2.